The number of hydrogen-bond donors (Lipinski definition) is 0. The summed E-state index contributed by atoms with van der Waals surface area (Å²) in [5.41, 5.74) is 0. The Balaban J connectivity index is 1.37. The minimum atomic E-state index is 0.315. The fourth-order valence-electron chi connectivity index (χ4n) is 2.95. The standard InChI is InChI=1S/C17H23ClN2O2/c18-15-6-1-2-7-16(15)22-13-12-19-8-10-20(11-9-19)17(21)14-4-3-5-14/h1-2,6-7,14H,3-5,8-13H2. The number of hydrogen-bond acceptors (Lipinski definition) is 3. The van der Waals surface area contributed by atoms with Gasteiger partial charge in [0.1, 0.15) is 12.4 Å². The van der Waals surface area contributed by atoms with Crippen LogP contribution in [-0.2, 0) is 4.79 Å². The SMILES string of the molecule is O=C(C1CCC1)N1CCN(CCOc2ccccc2Cl)CC1. The molecule has 22 heavy (non-hydrogen) atoms. The molecule has 0 bridgehead atoms. The van der Waals surface area contributed by atoms with E-state index in [0.29, 0.717) is 23.5 Å². The molecule has 120 valence electrons. The predicted molar refractivity (Wildman–Crippen MR) is 87.3 cm³/mol. The summed E-state index contributed by atoms with van der Waals surface area (Å²) in [4.78, 5) is 16.6. The van der Waals surface area contributed by atoms with Crippen molar-refractivity contribution in [1.82, 2.24) is 9.80 Å². The van der Waals surface area contributed by atoms with Crippen LogP contribution in [0.4, 0.5) is 0 Å². The highest BCUT2D eigenvalue weighted by Crippen LogP contribution is 2.28. The Morgan fingerprint density at radius 3 is 2.55 bits per heavy atom. The third-order valence-electron chi connectivity index (χ3n) is 4.64. The maximum atomic E-state index is 12.2. The maximum absolute atomic E-state index is 12.2. The lowest BCUT2D eigenvalue weighted by Crippen LogP contribution is -2.51. The fraction of sp³-hybridized carbons (Fsp3) is 0.588. The zero-order chi connectivity index (χ0) is 15.4. The van der Waals surface area contributed by atoms with Crippen LogP contribution in [0.1, 0.15) is 19.3 Å². The Hall–Kier alpha value is -1.26. The first-order valence-electron chi connectivity index (χ1n) is 8.12. The van der Waals surface area contributed by atoms with Crippen LogP contribution >= 0.6 is 11.6 Å². The molecular weight excluding hydrogens is 300 g/mol. The van der Waals surface area contributed by atoms with Crippen molar-refractivity contribution in [2.24, 2.45) is 5.92 Å². The van der Waals surface area contributed by atoms with Crippen molar-refractivity contribution in [2.75, 3.05) is 39.3 Å². The molecule has 0 atom stereocenters. The van der Waals surface area contributed by atoms with E-state index in [4.69, 9.17) is 16.3 Å². The second-order valence-corrected chi connectivity index (χ2v) is 6.48. The minimum Gasteiger partial charge on any atom is -0.491 e. The number of amides is 1. The zero-order valence-corrected chi connectivity index (χ0v) is 13.6. The highest BCUT2D eigenvalue weighted by atomic mass is 35.5. The average Bonchev–Trinajstić information content (AvgIpc) is 2.48. The molecule has 0 spiro atoms. The van der Waals surface area contributed by atoms with Crippen molar-refractivity contribution >= 4 is 17.5 Å². The van der Waals surface area contributed by atoms with E-state index in [1.807, 2.05) is 29.2 Å². The van der Waals surface area contributed by atoms with Gasteiger partial charge in [-0.3, -0.25) is 9.69 Å². The van der Waals surface area contributed by atoms with E-state index < -0.39 is 0 Å². The fourth-order valence-corrected chi connectivity index (χ4v) is 3.14. The van der Waals surface area contributed by atoms with Gasteiger partial charge in [0.15, 0.2) is 0 Å². The normalized spacial score (nSPS) is 19.8. The molecule has 0 radical (unpaired) electrons. The molecule has 1 aromatic rings. The van der Waals surface area contributed by atoms with Gasteiger partial charge in [-0.25, -0.2) is 0 Å². The molecule has 5 heteroatoms. The molecule has 1 aliphatic heterocycles. The smallest absolute Gasteiger partial charge is 0.225 e. The van der Waals surface area contributed by atoms with E-state index in [1.165, 1.54) is 6.42 Å². The Bertz CT molecular complexity index is 511. The Kier molecular flexibility index (Phi) is 5.21. The van der Waals surface area contributed by atoms with Crippen LogP contribution in [0, 0.1) is 5.92 Å². The van der Waals surface area contributed by atoms with Crippen molar-refractivity contribution in [3.63, 3.8) is 0 Å². The van der Waals surface area contributed by atoms with Gasteiger partial charge in [0, 0.05) is 38.6 Å². The summed E-state index contributed by atoms with van der Waals surface area (Å²) in [7, 11) is 0. The highest BCUT2D eigenvalue weighted by molar-refractivity contribution is 6.32. The molecule has 1 saturated carbocycles. The largest absolute Gasteiger partial charge is 0.491 e. The first kappa shape index (κ1) is 15.6. The van der Waals surface area contributed by atoms with Crippen LogP contribution in [0.2, 0.25) is 5.02 Å². The molecule has 1 aliphatic carbocycles. The van der Waals surface area contributed by atoms with E-state index in [2.05, 4.69) is 4.90 Å². The van der Waals surface area contributed by atoms with Crippen LogP contribution in [0.3, 0.4) is 0 Å². The molecule has 4 nitrogen and oxygen atoms in total. The van der Waals surface area contributed by atoms with Gasteiger partial charge in [0.05, 0.1) is 5.02 Å². The molecule has 2 fully saturated rings. The number of carbonyl (C=O) groups excluding carboxylic acids is 1. The molecule has 1 aromatic carbocycles. The van der Waals surface area contributed by atoms with Gasteiger partial charge in [-0.15, -0.1) is 0 Å². The van der Waals surface area contributed by atoms with Gasteiger partial charge in [0.2, 0.25) is 5.91 Å². The Morgan fingerprint density at radius 2 is 1.91 bits per heavy atom. The second-order valence-electron chi connectivity index (χ2n) is 6.07. The van der Waals surface area contributed by atoms with Crippen molar-refractivity contribution in [1.29, 1.82) is 0 Å². The number of ether oxygens (including phenoxy) is 1. The zero-order valence-electron chi connectivity index (χ0n) is 12.8. The molecule has 0 aromatic heterocycles. The van der Waals surface area contributed by atoms with Crippen LogP contribution in [-0.4, -0.2) is 55.0 Å². The van der Waals surface area contributed by atoms with E-state index in [9.17, 15) is 4.79 Å². The third-order valence-corrected chi connectivity index (χ3v) is 4.95. The monoisotopic (exact) mass is 322 g/mol. The van der Waals surface area contributed by atoms with Crippen molar-refractivity contribution in [2.45, 2.75) is 19.3 Å². The summed E-state index contributed by atoms with van der Waals surface area (Å²) in [6.45, 7) is 5.06. The molecule has 1 amide bonds. The minimum absolute atomic E-state index is 0.315. The van der Waals surface area contributed by atoms with E-state index in [0.717, 1.165) is 51.3 Å². The van der Waals surface area contributed by atoms with Gasteiger partial charge >= 0.3 is 0 Å². The van der Waals surface area contributed by atoms with Gasteiger partial charge < -0.3 is 9.64 Å². The third kappa shape index (κ3) is 3.73. The molecule has 1 saturated heterocycles. The molecule has 0 unspecified atom stereocenters. The van der Waals surface area contributed by atoms with Crippen LogP contribution in [0.15, 0.2) is 24.3 Å². The van der Waals surface area contributed by atoms with Crippen molar-refractivity contribution in [3.8, 4) is 5.75 Å². The Labute approximate surface area is 137 Å². The summed E-state index contributed by atoms with van der Waals surface area (Å²) in [5.74, 6) is 1.43. The molecular formula is C17H23ClN2O2. The first-order chi connectivity index (χ1) is 10.7. The average molecular weight is 323 g/mol. The number of halogens is 1. The van der Waals surface area contributed by atoms with Gasteiger partial charge in [-0.2, -0.15) is 0 Å². The lowest BCUT2D eigenvalue weighted by molar-refractivity contribution is -0.140. The number of piperazine rings is 1. The lowest BCUT2D eigenvalue weighted by Gasteiger charge is -2.38. The maximum Gasteiger partial charge on any atom is 0.225 e. The van der Waals surface area contributed by atoms with Gasteiger partial charge in [0.25, 0.3) is 0 Å². The van der Waals surface area contributed by atoms with Crippen LogP contribution in [0.5, 0.6) is 5.75 Å². The van der Waals surface area contributed by atoms with E-state index in [1.54, 1.807) is 0 Å². The quantitative estimate of drug-likeness (QED) is 0.835. The number of para-hydroxylation sites is 1. The summed E-state index contributed by atoms with van der Waals surface area (Å²) < 4.78 is 5.72. The number of carbonyl (C=O) groups is 1. The number of nitrogens with zero attached hydrogens (tertiary/aromatic N) is 2. The molecule has 1 heterocycles. The summed E-state index contributed by atoms with van der Waals surface area (Å²) >= 11 is 6.07. The lowest BCUT2D eigenvalue weighted by atomic mass is 9.84. The second kappa shape index (κ2) is 7.34. The van der Waals surface area contributed by atoms with Gasteiger partial charge in [-0.1, -0.05) is 30.2 Å². The number of rotatable bonds is 5. The van der Waals surface area contributed by atoms with Crippen LogP contribution < -0.4 is 4.74 Å². The summed E-state index contributed by atoms with van der Waals surface area (Å²) in [6.07, 6.45) is 3.39. The van der Waals surface area contributed by atoms with Crippen LogP contribution in [0.25, 0.3) is 0 Å². The molecule has 3 rings (SSSR count). The molecule has 2 aliphatic rings. The summed E-state index contributed by atoms with van der Waals surface area (Å²) in [6, 6.07) is 7.54. The van der Waals surface area contributed by atoms with Gasteiger partial charge in [-0.05, 0) is 25.0 Å². The van der Waals surface area contributed by atoms with E-state index in [-0.39, 0.29) is 0 Å². The highest BCUT2D eigenvalue weighted by Gasteiger charge is 2.30. The van der Waals surface area contributed by atoms with Crippen molar-refractivity contribution < 1.29 is 9.53 Å². The predicted octanol–water partition coefficient (Wildman–Crippen LogP) is 2.66. The summed E-state index contributed by atoms with van der Waals surface area (Å²) in [5, 5.41) is 0.651. The van der Waals surface area contributed by atoms with Crippen molar-refractivity contribution in [3.05, 3.63) is 29.3 Å². The molecule has 0 N–H and O–H groups in total. The van der Waals surface area contributed by atoms with E-state index >= 15 is 0 Å². The number of benzene rings is 1. The first-order valence-corrected chi connectivity index (χ1v) is 8.50. The Morgan fingerprint density at radius 1 is 1.18 bits per heavy atom. The topological polar surface area (TPSA) is 32.8 Å².